The minimum absolute atomic E-state index is 0.958. The SMILES string of the molecule is c1ccc([C]2CC3CC2C2CCCC32)cc1. The normalized spacial score (nSPS) is 41.5. The Labute approximate surface area is 98.1 Å². The van der Waals surface area contributed by atoms with Gasteiger partial charge in [-0.05, 0) is 54.9 Å². The van der Waals surface area contributed by atoms with Gasteiger partial charge in [-0.25, -0.2) is 0 Å². The average Bonchev–Trinajstić information content (AvgIpc) is 3.02. The lowest BCUT2D eigenvalue weighted by Gasteiger charge is -2.31. The van der Waals surface area contributed by atoms with Gasteiger partial charge in [-0.2, -0.15) is 0 Å². The largest absolute Gasteiger partial charge is 0.0622 e. The highest BCUT2D eigenvalue weighted by Crippen LogP contribution is 2.63. The number of hydrogen-bond acceptors (Lipinski definition) is 0. The van der Waals surface area contributed by atoms with E-state index in [1.54, 1.807) is 11.5 Å². The van der Waals surface area contributed by atoms with E-state index < -0.39 is 0 Å². The van der Waals surface area contributed by atoms with Crippen LogP contribution in [0.2, 0.25) is 0 Å². The highest BCUT2D eigenvalue weighted by atomic mass is 14.6. The Balaban J connectivity index is 1.65. The van der Waals surface area contributed by atoms with Crippen molar-refractivity contribution in [2.75, 3.05) is 0 Å². The molecular weight excluding hydrogens is 192 g/mol. The molecule has 0 N–H and O–H groups in total. The maximum Gasteiger partial charge on any atom is 0.00864 e. The third-order valence-electron chi connectivity index (χ3n) is 5.38. The third kappa shape index (κ3) is 1.16. The quantitative estimate of drug-likeness (QED) is 0.657. The van der Waals surface area contributed by atoms with Gasteiger partial charge in [0.15, 0.2) is 0 Å². The van der Waals surface area contributed by atoms with Crippen LogP contribution in [0, 0.1) is 29.6 Å². The zero-order valence-electron chi connectivity index (χ0n) is 9.73. The van der Waals surface area contributed by atoms with Crippen molar-refractivity contribution in [2.24, 2.45) is 23.7 Å². The minimum Gasteiger partial charge on any atom is -0.0622 e. The molecule has 1 radical (unpaired) electrons. The molecule has 16 heavy (non-hydrogen) atoms. The average molecular weight is 211 g/mol. The van der Waals surface area contributed by atoms with Gasteiger partial charge in [-0.3, -0.25) is 0 Å². The molecule has 4 atom stereocenters. The van der Waals surface area contributed by atoms with Gasteiger partial charge in [-0.1, -0.05) is 36.8 Å². The van der Waals surface area contributed by atoms with Crippen molar-refractivity contribution in [3.63, 3.8) is 0 Å². The van der Waals surface area contributed by atoms with E-state index in [4.69, 9.17) is 0 Å². The van der Waals surface area contributed by atoms with Crippen molar-refractivity contribution in [2.45, 2.75) is 32.1 Å². The van der Waals surface area contributed by atoms with Gasteiger partial charge in [-0.15, -0.1) is 0 Å². The third-order valence-corrected chi connectivity index (χ3v) is 5.38. The van der Waals surface area contributed by atoms with Gasteiger partial charge < -0.3 is 0 Å². The summed E-state index contributed by atoms with van der Waals surface area (Å²) in [6.07, 6.45) is 7.48. The van der Waals surface area contributed by atoms with Gasteiger partial charge in [0, 0.05) is 5.92 Å². The van der Waals surface area contributed by atoms with Crippen molar-refractivity contribution < 1.29 is 0 Å². The molecule has 0 saturated heterocycles. The van der Waals surface area contributed by atoms with Gasteiger partial charge >= 0.3 is 0 Å². The van der Waals surface area contributed by atoms with E-state index in [0.29, 0.717) is 0 Å². The van der Waals surface area contributed by atoms with Crippen molar-refractivity contribution >= 4 is 0 Å². The topological polar surface area (TPSA) is 0 Å². The van der Waals surface area contributed by atoms with E-state index >= 15 is 0 Å². The van der Waals surface area contributed by atoms with Crippen LogP contribution in [0.4, 0.5) is 0 Å². The molecule has 2 bridgehead atoms. The number of rotatable bonds is 1. The first kappa shape index (κ1) is 9.27. The van der Waals surface area contributed by atoms with Crippen LogP contribution in [0.3, 0.4) is 0 Å². The summed E-state index contributed by atoms with van der Waals surface area (Å²) < 4.78 is 0. The summed E-state index contributed by atoms with van der Waals surface area (Å²) in [7, 11) is 0. The predicted molar refractivity (Wildman–Crippen MR) is 65.8 cm³/mol. The second-order valence-corrected chi connectivity index (χ2v) is 5.96. The molecule has 3 fully saturated rings. The smallest absolute Gasteiger partial charge is 0.00864 e. The molecule has 0 aliphatic heterocycles. The van der Waals surface area contributed by atoms with Crippen LogP contribution in [-0.2, 0) is 0 Å². The van der Waals surface area contributed by atoms with Crippen LogP contribution in [0.15, 0.2) is 30.3 Å². The first-order chi connectivity index (χ1) is 7.93. The van der Waals surface area contributed by atoms with Crippen LogP contribution in [0.25, 0.3) is 0 Å². The summed E-state index contributed by atoms with van der Waals surface area (Å²) >= 11 is 0. The van der Waals surface area contributed by atoms with E-state index in [1.165, 1.54) is 32.1 Å². The summed E-state index contributed by atoms with van der Waals surface area (Å²) in [4.78, 5) is 0. The van der Waals surface area contributed by atoms with Gasteiger partial charge in [0.25, 0.3) is 0 Å². The number of fused-ring (bicyclic) bond motifs is 5. The number of benzene rings is 1. The Hall–Kier alpha value is -0.780. The fourth-order valence-electron chi connectivity index (χ4n) is 4.83. The zero-order valence-corrected chi connectivity index (χ0v) is 9.73. The monoisotopic (exact) mass is 211 g/mol. The Morgan fingerprint density at radius 1 is 0.938 bits per heavy atom. The highest BCUT2D eigenvalue weighted by molar-refractivity contribution is 5.36. The van der Waals surface area contributed by atoms with E-state index in [0.717, 1.165) is 23.7 Å². The van der Waals surface area contributed by atoms with E-state index in [2.05, 4.69) is 30.3 Å². The standard InChI is InChI=1S/C16H19/c1-2-5-11(6-3-1)15-9-12-10-16(15)14-8-4-7-13(12)14/h1-3,5-6,12-14,16H,4,7-10H2. The van der Waals surface area contributed by atoms with Crippen LogP contribution >= 0.6 is 0 Å². The molecule has 0 nitrogen and oxygen atoms in total. The van der Waals surface area contributed by atoms with E-state index in [-0.39, 0.29) is 0 Å². The van der Waals surface area contributed by atoms with Gasteiger partial charge in [0.1, 0.15) is 0 Å². The van der Waals surface area contributed by atoms with Crippen LogP contribution in [0.1, 0.15) is 37.7 Å². The summed E-state index contributed by atoms with van der Waals surface area (Å²) in [6, 6.07) is 11.2. The fourth-order valence-corrected chi connectivity index (χ4v) is 4.83. The maximum atomic E-state index is 2.32. The molecule has 3 aliphatic rings. The Kier molecular flexibility index (Phi) is 1.94. The Morgan fingerprint density at radius 3 is 2.62 bits per heavy atom. The fraction of sp³-hybridized carbons (Fsp3) is 0.562. The second-order valence-electron chi connectivity index (χ2n) is 5.96. The minimum atomic E-state index is 0.958. The van der Waals surface area contributed by atoms with Crippen molar-refractivity contribution in [3.05, 3.63) is 41.8 Å². The van der Waals surface area contributed by atoms with Crippen LogP contribution < -0.4 is 0 Å². The molecule has 3 aliphatic carbocycles. The molecular formula is C16H19. The lowest BCUT2D eigenvalue weighted by Crippen LogP contribution is -2.23. The molecule has 4 rings (SSSR count). The molecule has 0 heteroatoms. The molecule has 0 heterocycles. The molecule has 0 aromatic heterocycles. The molecule has 1 aromatic carbocycles. The lowest BCUT2D eigenvalue weighted by atomic mass is 9.73. The van der Waals surface area contributed by atoms with E-state index in [1.807, 2.05) is 0 Å². The van der Waals surface area contributed by atoms with Crippen molar-refractivity contribution in [3.8, 4) is 0 Å². The zero-order chi connectivity index (χ0) is 10.5. The summed E-state index contributed by atoms with van der Waals surface area (Å²) in [5, 5.41) is 0. The van der Waals surface area contributed by atoms with Crippen molar-refractivity contribution in [1.82, 2.24) is 0 Å². The first-order valence-corrected chi connectivity index (χ1v) is 6.84. The molecule has 3 saturated carbocycles. The molecule has 0 spiro atoms. The molecule has 0 amide bonds. The molecule has 4 unspecified atom stereocenters. The first-order valence-electron chi connectivity index (χ1n) is 6.84. The van der Waals surface area contributed by atoms with Gasteiger partial charge in [0.05, 0.1) is 0 Å². The molecule has 83 valence electrons. The van der Waals surface area contributed by atoms with Crippen molar-refractivity contribution in [1.29, 1.82) is 0 Å². The second kappa shape index (κ2) is 3.35. The Morgan fingerprint density at radius 2 is 1.75 bits per heavy atom. The summed E-state index contributed by atoms with van der Waals surface area (Å²) in [5.74, 6) is 5.98. The van der Waals surface area contributed by atoms with Crippen LogP contribution in [-0.4, -0.2) is 0 Å². The van der Waals surface area contributed by atoms with Gasteiger partial charge in [0.2, 0.25) is 0 Å². The van der Waals surface area contributed by atoms with E-state index in [9.17, 15) is 0 Å². The summed E-state index contributed by atoms with van der Waals surface area (Å²) in [5.41, 5.74) is 1.54. The Bertz CT molecular complexity index is 380. The van der Waals surface area contributed by atoms with Crippen LogP contribution in [0.5, 0.6) is 0 Å². The highest BCUT2D eigenvalue weighted by Gasteiger charge is 2.54. The lowest BCUT2D eigenvalue weighted by molar-refractivity contribution is 0.285. The number of hydrogen-bond donors (Lipinski definition) is 0. The predicted octanol–water partition coefficient (Wildman–Crippen LogP) is 4.07. The maximum absolute atomic E-state index is 2.32. The summed E-state index contributed by atoms with van der Waals surface area (Å²) in [6.45, 7) is 0. The molecule has 1 aromatic rings.